The van der Waals surface area contributed by atoms with Crippen LogP contribution in [0, 0.1) is 187 Å². The number of carbonyl (C=O) groups excluding carboxylic acids is 2. The van der Waals surface area contributed by atoms with E-state index < -0.39 is 11.7 Å². The summed E-state index contributed by atoms with van der Waals surface area (Å²) in [4.78, 5) is 25.3. The molecule has 24 rings (SSSR count). The van der Waals surface area contributed by atoms with Gasteiger partial charge in [0.05, 0.1) is 65.1 Å². The number of rotatable bonds is 0. The van der Waals surface area contributed by atoms with Crippen molar-refractivity contribution in [1.29, 1.82) is 0 Å². The fourth-order valence-corrected chi connectivity index (χ4v) is 36.9. The monoisotopic (exact) mass is 1610 g/mol. The number of fused-ring (bicyclic) bond motifs is 29. The van der Waals surface area contributed by atoms with Crippen LogP contribution in [0.25, 0.3) is 0 Å². The SMILES string of the molecule is C[C@H]1CC[C@H]2C(=CC[C@@H]3[C@@H]2CC[C@@]2(C)[C@H]3CCC23OCCO3)C1.C[C@H]1CC[C@H]2C(C1)C(=O)C[C@@H]1[C@@H]2CC[C@@]2(C)[C@H]1CCC21OCCO1.C[C@H]1CC[C@H]2C(C1)C(F)(F)C[C@@H]1[C@@H]2CC[C@@]2(C)[C@H]1CCC21OCCO1.C[C@H]1CC[C@H]2C(C1)C(O)C[C@@H]1[C@@H]2CC[C@@]2(C)[C@H]1CCC21OCCO1.C[C@]12CC[C@H]3[C@@H](CC=C4C[C@@H](O)CC[C@@H]43)[C@@H]1CCC2=O. The Hall–Kier alpha value is -1.72. The molecular weight excluding hydrogens is 1460 g/mol. The first-order valence-corrected chi connectivity index (χ1v) is 50.0. The molecule has 4 saturated heterocycles. The van der Waals surface area contributed by atoms with E-state index in [4.69, 9.17) is 37.9 Å². The summed E-state index contributed by atoms with van der Waals surface area (Å²) in [5, 5.41) is 20.8. The van der Waals surface area contributed by atoms with Crippen molar-refractivity contribution < 1.29 is 66.5 Å². The maximum atomic E-state index is 15.2. The number of carbonyl (C=O) groups is 2. The Labute approximate surface area is 697 Å². The Morgan fingerprint density at radius 3 is 1.28 bits per heavy atom. The number of alkyl halides is 2. The molecule has 4 spiro atoms. The fraction of sp³-hybridized carbons (Fsp3) is 0.941. The third-order valence-corrected chi connectivity index (χ3v) is 42.6. The second kappa shape index (κ2) is 30.8. The van der Waals surface area contributed by atoms with Gasteiger partial charge in [-0.15, -0.1) is 0 Å². The summed E-state index contributed by atoms with van der Waals surface area (Å²) >= 11 is 0. The van der Waals surface area contributed by atoms with Gasteiger partial charge in [0.2, 0.25) is 0 Å². The molecule has 0 radical (unpaired) electrons. The lowest BCUT2D eigenvalue weighted by atomic mass is 9.49. The topological polar surface area (TPSA) is 148 Å². The van der Waals surface area contributed by atoms with Gasteiger partial charge >= 0.3 is 0 Å². The van der Waals surface area contributed by atoms with Gasteiger partial charge < -0.3 is 48.1 Å². The Morgan fingerprint density at radius 2 is 0.733 bits per heavy atom. The van der Waals surface area contributed by atoms with E-state index in [1.165, 1.54) is 134 Å². The quantitative estimate of drug-likeness (QED) is 0.222. The molecule has 4 unspecified atom stereocenters. The van der Waals surface area contributed by atoms with E-state index in [2.05, 4.69) is 74.5 Å². The number of hydrogen-bond acceptors (Lipinski definition) is 12. The summed E-state index contributed by atoms with van der Waals surface area (Å²) in [5.74, 6) is 14.3. The van der Waals surface area contributed by atoms with Crippen molar-refractivity contribution in [3.63, 3.8) is 0 Å². The van der Waals surface area contributed by atoms with Crippen LogP contribution >= 0.6 is 0 Å². The van der Waals surface area contributed by atoms with Crippen LogP contribution < -0.4 is 0 Å². The molecule has 14 heteroatoms. The standard InChI is InChI=1S/C21H32F2O2.C21H34O3.C21H32O3.C21H32O2.C18H26O2/c1-13-3-4-15-14-5-7-19(2)17(6-8-21(19)24-9-10-25-21)16(14)12-20(22,23)18(15)11-13;2*1-13-3-4-14-15-5-7-20(2)18(6-8-21(20)23-9-10-24-21)16(15)12-19(22)17(14)11-13;1-14-3-5-16-15(13-14)4-6-18-17(16)7-9-20(2)19(18)8-10-21(20)22-11-12-23-21;1-18-9-8-14-13-5-3-12(19)10-11(13)2-4-15(14)16(18)6-7-17(18)20/h13-18H,3-12H2,1-2H3;13-19,22H,3-12H2,1-2H3;13-18H,3-12H2,1-2H3;4,14,16-19H,3,5-13H2,1-2H3;2,12-16,19H,3-10H2,1H3/t13-,14+,15+,16+,17-,18?,19-;13-,14+,15+,16+,17?,18-,19?,20-;13-,14+,15+,16+,17?,18-,20-;14-,16-,17+,18+,19-,20-;12-,13-,14+,15+,16-,18-/m00000/s1. The largest absolute Gasteiger partial charge is 0.393 e. The minimum absolute atomic E-state index is 0.000685. The molecule has 4 aliphatic heterocycles. The highest BCUT2D eigenvalue weighted by atomic mass is 19.3. The van der Waals surface area contributed by atoms with Crippen LogP contribution in [-0.2, 0) is 47.5 Å². The van der Waals surface area contributed by atoms with Crippen LogP contribution in [0.5, 0.6) is 0 Å². The molecular formula is C102H156F2O12. The van der Waals surface area contributed by atoms with Crippen LogP contribution in [-0.4, -0.2) is 116 Å². The molecule has 18 saturated carbocycles. The van der Waals surface area contributed by atoms with Gasteiger partial charge in [0.15, 0.2) is 23.1 Å². The van der Waals surface area contributed by atoms with Crippen LogP contribution in [0.2, 0.25) is 0 Å². The average molecular weight is 1610 g/mol. The molecule has 34 atom stereocenters. The molecule has 4 heterocycles. The van der Waals surface area contributed by atoms with E-state index in [9.17, 15) is 19.8 Å². The molecule has 0 aromatic rings. The van der Waals surface area contributed by atoms with Gasteiger partial charge in [0.1, 0.15) is 11.6 Å². The smallest absolute Gasteiger partial charge is 0.251 e. The molecule has 0 amide bonds. The Balaban J connectivity index is 0.0000000937. The van der Waals surface area contributed by atoms with Crippen molar-refractivity contribution in [2.45, 2.75) is 360 Å². The third-order valence-electron chi connectivity index (χ3n) is 42.6. The number of Topliss-reactive ketones (excluding diaryl/α,β-unsaturated/α-hetero) is 2. The van der Waals surface area contributed by atoms with Gasteiger partial charge in [-0.2, -0.15) is 0 Å². The summed E-state index contributed by atoms with van der Waals surface area (Å²) in [6.07, 6.45) is 50.6. The fourth-order valence-electron chi connectivity index (χ4n) is 36.9. The summed E-state index contributed by atoms with van der Waals surface area (Å²) in [6, 6.07) is 0. The van der Waals surface area contributed by atoms with E-state index in [1.807, 2.05) is 5.57 Å². The number of ether oxygens (including phenoxy) is 8. The van der Waals surface area contributed by atoms with Gasteiger partial charge in [-0.25, -0.2) is 8.78 Å². The molecule has 0 bridgehead atoms. The highest BCUT2D eigenvalue weighted by Gasteiger charge is 2.73. The summed E-state index contributed by atoms with van der Waals surface area (Å²) in [6.45, 7) is 27.1. The second-order valence-electron chi connectivity index (χ2n) is 47.0. The number of allylic oxidation sites excluding steroid dienone is 3. The lowest BCUT2D eigenvalue weighted by Gasteiger charge is -2.58. The highest BCUT2D eigenvalue weighted by Crippen LogP contribution is 2.74. The van der Waals surface area contributed by atoms with E-state index in [0.717, 1.165) is 239 Å². The predicted octanol–water partition coefficient (Wildman–Crippen LogP) is 21.9. The molecule has 0 aromatic heterocycles. The van der Waals surface area contributed by atoms with Crippen molar-refractivity contribution in [2.24, 2.45) is 187 Å². The minimum Gasteiger partial charge on any atom is -0.393 e. The predicted molar refractivity (Wildman–Crippen MR) is 444 cm³/mol. The number of aliphatic hydroxyl groups excluding tert-OH is 2. The lowest BCUT2D eigenvalue weighted by molar-refractivity contribution is -0.256. The van der Waals surface area contributed by atoms with Crippen LogP contribution in [0.4, 0.5) is 8.78 Å². The molecule has 24 aliphatic rings. The zero-order valence-electron chi connectivity index (χ0n) is 73.6. The number of halogens is 2. The minimum atomic E-state index is -2.48. The van der Waals surface area contributed by atoms with E-state index in [0.29, 0.717) is 89.9 Å². The molecule has 12 nitrogen and oxygen atoms in total. The van der Waals surface area contributed by atoms with Gasteiger partial charge in [-0.05, 0) is 341 Å². The van der Waals surface area contributed by atoms with Crippen LogP contribution in [0.3, 0.4) is 0 Å². The number of hydrogen-bond donors (Lipinski definition) is 2. The first-order chi connectivity index (χ1) is 55.7. The van der Waals surface area contributed by atoms with Crippen molar-refractivity contribution in [1.82, 2.24) is 0 Å². The number of ketones is 2. The van der Waals surface area contributed by atoms with Gasteiger partial charge in [0, 0.05) is 83.9 Å². The van der Waals surface area contributed by atoms with E-state index >= 15 is 8.78 Å². The molecule has 0 aromatic carbocycles. The Bertz CT molecular complexity index is 3640. The van der Waals surface area contributed by atoms with E-state index in [-0.39, 0.29) is 80.8 Å². The summed E-state index contributed by atoms with van der Waals surface area (Å²) in [7, 11) is 0. The zero-order chi connectivity index (χ0) is 80.1. The van der Waals surface area contributed by atoms with Gasteiger partial charge in [-0.1, -0.05) is 105 Å². The van der Waals surface area contributed by atoms with Crippen LogP contribution in [0.1, 0.15) is 319 Å². The maximum absolute atomic E-state index is 15.2. The Morgan fingerprint density at radius 1 is 0.328 bits per heavy atom. The van der Waals surface area contributed by atoms with Gasteiger partial charge in [0.25, 0.3) is 5.92 Å². The number of aliphatic hydroxyl groups is 2. The first-order valence-electron chi connectivity index (χ1n) is 50.0. The van der Waals surface area contributed by atoms with Crippen molar-refractivity contribution in [3.8, 4) is 0 Å². The lowest BCUT2D eigenvalue weighted by Crippen LogP contribution is -2.57. The van der Waals surface area contributed by atoms with Gasteiger partial charge in [-0.3, -0.25) is 9.59 Å². The highest BCUT2D eigenvalue weighted by molar-refractivity contribution is 5.87. The van der Waals surface area contributed by atoms with Crippen molar-refractivity contribution >= 4 is 11.6 Å². The van der Waals surface area contributed by atoms with Crippen LogP contribution in [0.15, 0.2) is 23.3 Å². The van der Waals surface area contributed by atoms with Crippen molar-refractivity contribution in [2.75, 3.05) is 52.9 Å². The zero-order valence-corrected chi connectivity index (χ0v) is 73.6. The summed E-state index contributed by atoms with van der Waals surface area (Å²) in [5.41, 5.74) is 3.85. The molecule has 116 heavy (non-hydrogen) atoms. The average Bonchev–Trinajstić information content (AvgIpc) is 1.39. The second-order valence-corrected chi connectivity index (χ2v) is 47.0. The Kier molecular flexibility index (Phi) is 21.9. The molecule has 20 aliphatic carbocycles. The normalized spacial score (nSPS) is 52.9. The third kappa shape index (κ3) is 13.0. The molecule has 2 N–H and O–H groups in total. The first kappa shape index (κ1) is 82.6. The maximum Gasteiger partial charge on any atom is 0.251 e. The molecule has 22 fully saturated rings. The molecule has 650 valence electrons. The van der Waals surface area contributed by atoms with E-state index in [1.54, 1.807) is 0 Å². The summed E-state index contributed by atoms with van der Waals surface area (Å²) < 4.78 is 79.9. The van der Waals surface area contributed by atoms with Crippen molar-refractivity contribution in [3.05, 3.63) is 23.3 Å².